The second-order valence-electron chi connectivity index (χ2n) is 8.28. The number of hydrogen-bond acceptors (Lipinski definition) is 6. The topological polar surface area (TPSA) is 112 Å². The Morgan fingerprint density at radius 3 is 2.63 bits per heavy atom. The van der Waals surface area contributed by atoms with Crippen LogP contribution in [0.1, 0.15) is 37.9 Å². The van der Waals surface area contributed by atoms with Crippen LogP contribution < -0.4 is 5.69 Å². The molecule has 10 nitrogen and oxygen atoms in total. The Morgan fingerprint density at radius 1 is 1.00 bits per heavy atom. The van der Waals surface area contributed by atoms with E-state index in [1.165, 1.54) is 0 Å². The number of imidazole rings is 1. The zero-order chi connectivity index (χ0) is 24.2. The van der Waals surface area contributed by atoms with Crippen LogP contribution in [0, 0.1) is 0 Å². The van der Waals surface area contributed by atoms with Gasteiger partial charge in [0.25, 0.3) is 0 Å². The van der Waals surface area contributed by atoms with Gasteiger partial charge in [-0.25, -0.2) is 9.48 Å². The van der Waals surface area contributed by atoms with Crippen molar-refractivity contribution in [2.45, 2.75) is 46.2 Å². The predicted octanol–water partition coefficient (Wildman–Crippen LogP) is 3.49. The molecule has 0 bridgehead atoms. The molecule has 5 aromatic rings. The first-order chi connectivity index (χ1) is 17.2. The highest BCUT2D eigenvalue weighted by molar-refractivity contribution is 5.81. The maximum Gasteiger partial charge on any atom is 0.334 e. The van der Waals surface area contributed by atoms with E-state index >= 15 is 0 Å². The summed E-state index contributed by atoms with van der Waals surface area (Å²) in [6.45, 7) is 5.25. The number of benzene rings is 1. The lowest BCUT2D eigenvalue weighted by Gasteiger charge is -2.13. The van der Waals surface area contributed by atoms with Gasteiger partial charge in [0.2, 0.25) is 5.82 Å². The number of nitrogens with one attached hydrogen (secondary N) is 1. The second-order valence-corrected chi connectivity index (χ2v) is 8.28. The second kappa shape index (κ2) is 9.88. The molecule has 0 aliphatic heterocycles. The van der Waals surface area contributed by atoms with Crippen LogP contribution >= 0.6 is 0 Å². The molecule has 0 atom stereocenters. The van der Waals surface area contributed by atoms with E-state index in [4.69, 9.17) is 0 Å². The van der Waals surface area contributed by atoms with Crippen LogP contribution in [-0.2, 0) is 19.5 Å². The van der Waals surface area contributed by atoms with Crippen LogP contribution in [0.2, 0.25) is 0 Å². The summed E-state index contributed by atoms with van der Waals surface area (Å²) < 4.78 is 5.37. The number of hydrogen-bond donors (Lipinski definition) is 1. The number of aryl methyl sites for hydroxylation is 2. The van der Waals surface area contributed by atoms with Gasteiger partial charge in [0.15, 0.2) is 0 Å². The van der Waals surface area contributed by atoms with E-state index in [-0.39, 0.29) is 5.69 Å². The molecule has 0 amide bonds. The number of aromatic nitrogens is 9. The lowest BCUT2D eigenvalue weighted by atomic mass is 9.96. The van der Waals surface area contributed by atoms with Gasteiger partial charge in [0.1, 0.15) is 5.82 Å². The molecule has 4 heterocycles. The normalized spacial score (nSPS) is 11.3. The molecule has 0 saturated carbocycles. The van der Waals surface area contributed by atoms with Crippen molar-refractivity contribution < 1.29 is 0 Å². The monoisotopic (exact) mass is 469 g/mol. The highest BCUT2D eigenvalue weighted by Crippen LogP contribution is 2.32. The minimum atomic E-state index is -0.0902. The molecule has 0 spiro atoms. The average molecular weight is 470 g/mol. The summed E-state index contributed by atoms with van der Waals surface area (Å²) in [4.78, 5) is 18.0. The maximum atomic E-state index is 13.7. The third-order valence-electron chi connectivity index (χ3n) is 6.12. The van der Waals surface area contributed by atoms with Gasteiger partial charge in [-0.3, -0.25) is 14.1 Å². The molecule has 178 valence electrons. The summed E-state index contributed by atoms with van der Waals surface area (Å²) in [6.07, 6.45) is 10.1. The molecule has 4 aromatic heterocycles. The van der Waals surface area contributed by atoms with Crippen LogP contribution in [-0.4, -0.2) is 44.5 Å². The molecule has 1 aromatic carbocycles. The summed E-state index contributed by atoms with van der Waals surface area (Å²) in [5.74, 6) is 1.28. The number of rotatable bonds is 9. The number of tetrazole rings is 1. The standard InChI is InChI=1S/C25H27N9O/c1-3-5-8-19-17-33(23-12-14-27-34(23)4-2)25(35)32(19)16-18-15-26-13-11-20(18)21-9-6-7-10-22(21)24-28-30-31-29-24/h6-7,9-15,17H,3-5,8,16H2,1-2H3,(H,28,29,30,31). The zero-order valence-corrected chi connectivity index (χ0v) is 19.8. The largest absolute Gasteiger partial charge is 0.334 e. The first-order valence-corrected chi connectivity index (χ1v) is 11.8. The van der Waals surface area contributed by atoms with Crippen molar-refractivity contribution in [2.75, 3.05) is 0 Å². The molecular formula is C25H27N9O. The number of aromatic amines is 1. The van der Waals surface area contributed by atoms with Crippen molar-refractivity contribution in [3.63, 3.8) is 0 Å². The fraction of sp³-hybridized carbons (Fsp3) is 0.280. The Kier molecular flexibility index (Phi) is 6.34. The molecular weight excluding hydrogens is 442 g/mol. The van der Waals surface area contributed by atoms with Gasteiger partial charge in [-0.15, -0.1) is 10.2 Å². The molecule has 0 radical (unpaired) electrons. The summed E-state index contributed by atoms with van der Waals surface area (Å²) in [5, 5.41) is 18.9. The molecule has 0 saturated heterocycles. The highest BCUT2D eigenvalue weighted by atomic mass is 16.1. The number of unbranched alkanes of at least 4 members (excludes halogenated alkanes) is 1. The van der Waals surface area contributed by atoms with E-state index in [2.05, 4.69) is 37.6 Å². The van der Waals surface area contributed by atoms with Crippen LogP contribution in [0.25, 0.3) is 28.3 Å². The van der Waals surface area contributed by atoms with E-state index < -0.39 is 0 Å². The first-order valence-electron chi connectivity index (χ1n) is 11.8. The van der Waals surface area contributed by atoms with Crippen molar-refractivity contribution in [3.8, 4) is 28.3 Å². The summed E-state index contributed by atoms with van der Waals surface area (Å²) in [7, 11) is 0. The molecule has 1 N–H and O–H groups in total. The SMILES string of the molecule is CCCCc1cn(-c2ccnn2CC)c(=O)n1Cc1cnccc1-c1ccccc1-c1nn[nH]n1. The number of nitrogens with zero attached hydrogens (tertiary/aromatic N) is 8. The Bertz CT molecular complexity index is 1480. The average Bonchev–Trinajstić information content (AvgIpc) is 3.65. The van der Waals surface area contributed by atoms with Gasteiger partial charge in [0, 0.05) is 42.5 Å². The van der Waals surface area contributed by atoms with Crippen molar-refractivity contribution in [2.24, 2.45) is 0 Å². The Balaban J connectivity index is 1.61. The predicted molar refractivity (Wildman–Crippen MR) is 132 cm³/mol. The Labute approximate surface area is 202 Å². The lowest BCUT2D eigenvalue weighted by molar-refractivity contribution is 0.625. The molecule has 0 fully saturated rings. The number of pyridine rings is 1. The smallest absolute Gasteiger partial charge is 0.291 e. The molecule has 10 heteroatoms. The first kappa shape index (κ1) is 22.5. The molecule has 0 unspecified atom stereocenters. The molecule has 0 aliphatic carbocycles. The van der Waals surface area contributed by atoms with Crippen LogP contribution in [0.15, 0.2) is 66.0 Å². The van der Waals surface area contributed by atoms with Gasteiger partial charge < -0.3 is 0 Å². The van der Waals surface area contributed by atoms with E-state index in [1.54, 1.807) is 17.0 Å². The minimum absolute atomic E-state index is 0.0902. The maximum absolute atomic E-state index is 13.7. The Hall–Kier alpha value is -4.34. The number of H-pyrrole nitrogens is 1. The van der Waals surface area contributed by atoms with Gasteiger partial charge in [0.05, 0.1) is 12.7 Å². The quantitative estimate of drug-likeness (QED) is 0.354. The van der Waals surface area contributed by atoms with Crippen molar-refractivity contribution >= 4 is 0 Å². The Morgan fingerprint density at radius 2 is 1.86 bits per heavy atom. The van der Waals surface area contributed by atoms with Crippen LogP contribution in [0.5, 0.6) is 0 Å². The van der Waals surface area contributed by atoms with E-state index in [1.807, 2.05) is 65.0 Å². The fourth-order valence-electron chi connectivity index (χ4n) is 4.37. The molecule has 0 aliphatic rings. The van der Waals surface area contributed by atoms with Crippen LogP contribution in [0.3, 0.4) is 0 Å². The van der Waals surface area contributed by atoms with Gasteiger partial charge in [-0.1, -0.05) is 37.6 Å². The van der Waals surface area contributed by atoms with Gasteiger partial charge in [-0.05, 0) is 47.7 Å². The summed E-state index contributed by atoms with van der Waals surface area (Å²) in [6, 6.07) is 11.7. The zero-order valence-electron chi connectivity index (χ0n) is 19.8. The van der Waals surface area contributed by atoms with Gasteiger partial charge in [-0.2, -0.15) is 10.3 Å². The van der Waals surface area contributed by atoms with E-state index in [0.29, 0.717) is 18.9 Å². The van der Waals surface area contributed by atoms with E-state index in [0.717, 1.165) is 53.0 Å². The van der Waals surface area contributed by atoms with Crippen molar-refractivity contribution in [1.82, 2.24) is 44.5 Å². The highest BCUT2D eigenvalue weighted by Gasteiger charge is 2.18. The van der Waals surface area contributed by atoms with Crippen molar-refractivity contribution in [3.05, 3.63) is 82.9 Å². The van der Waals surface area contributed by atoms with Crippen LogP contribution in [0.4, 0.5) is 0 Å². The fourth-order valence-corrected chi connectivity index (χ4v) is 4.37. The third-order valence-corrected chi connectivity index (χ3v) is 6.12. The van der Waals surface area contributed by atoms with Crippen molar-refractivity contribution in [1.29, 1.82) is 0 Å². The minimum Gasteiger partial charge on any atom is -0.291 e. The van der Waals surface area contributed by atoms with Gasteiger partial charge >= 0.3 is 5.69 Å². The molecule has 5 rings (SSSR count). The summed E-state index contributed by atoms with van der Waals surface area (Å²) >= 11 is 0. The lowest BCUT2D eigenvalue weighted by Crippen LogP contribution is -2.26. The summed E-state index contributed by atoms with van der Waals surface area (Å²) in [5.41, 5.74) is 4.62. The molecule has 35 heavy (non-hydrogen) atoms. The third kappa shape index (κ3) is 4.30. The van der Waals surface area contributed by atoms with E-state index in [9.17, 15) is 4.79 Å².